The van der Waals surface area contributed by atoms with Crippen LogP contribution in [0.2, 0.25) is 0 Å². The Morgan fingerprint density at radius 2 is 1.79 bits per heavy atom. The van der Waals surface area contributed by atoms with Crippen molar-refractivity contribution in [3.63, 3.8) is 0 Å². The molecule has 0 bridgehead atoms. The molecule has 2 aromatic carbocycles. The van der Waals surface area contributed by atoms with Crippen molar-refractivity contribution >= 4 is 27.0 Å². The van der Waals surface area contributed by atoms with E-state index in [1.54, 1.807) is 54.9 Å². The highest BCUT2D eigenvalue weighted by Crippen LogP contribution is 2.35. The minimum Gasteiger partial charge on any atom is -0.497 e. The Morgan fingerprint density at radius 3 is 2.45 bits per heavy atom. The van der Waals surface area contributed by atoms with E-state index >= 15 is 0 Å². The summed E-state index contributed by atoms with van der Waals surface area (Å²) in [6, 6.07) is 12.5. The van der Waals surface area contributed by atoms with E-state index in [0.717, 1.165) is 5.56 Å². The molecule has 10 heteroatoms. The summed E-state index contributed by atoms with van der Waals surface area (Å²) in [5.41, 5.74) is 3.00. The second-order valence-corrected chi connectivity index (χ2v) is 9.76. The second kappa shape index (κ2) is 8.87. The van der Waals surface area contributed by atoms with Gasteiger partial charge in [-0.3, -0.25) is 4.72 Å². The van der Waals surface area contributed by atoms with Gasteiger partial charge in [0.05, 0.1) is 31.3 Å². The van der Waals surface area contributed by atoms with E-state index in [4.69, 9.17) is 9.47 Å². The van der Waals surface area contributed by atoms with Crippen molar-refractivity contribution in [2.45, 2.75) is 11.8 Å². The van der Waals surface area contributed by atoms with E-state index in [0.29, 0.717) is 39.3 Å². The molecule has 0 aliphatic rings. The number of hydrogen-bond donors (Lipinski definition) is 1. The van der Waals surface area contributed by atoms with Crippen LogP contribution in [0.3, 0.4) is 0 Å². The molecule has 4 rings (SSSR count). The Labute approximate surface area is 195 Å². The Morgan fingerprint density at radius 1 is 1.06 bits per heavy atom. The number of sulfonamides is 1. The molecule has 7 nitrogen and oxygen atoms in total. The van der Waals surface area contributed by atoms with Gasteiger partial charge < -0.3 is 14.0 Å². The number of anilines is 1. The summed E-state index contributed by atoms with van der Waals surface area (Å²) < 4.78 is 54.6. The van der Waals surface area contributed by atoms with Gasteiger partial charge in [-0.2, -0.15) is 0 Å². The molecule has 0 aliphatic heterocycles. The average molecular weight is 488 g/mol. The number of halogens is 1. The summed E-state index contributed by atoms with van der Waals surface area (Å²) in [4.78, 5) is 4.77. The first-order valence-electron chi connectivity index (χ1n) is 9.86. The molecule has 0 radical (unpaired) electrons. The van der Waals surface area contributed by atoms with Gasteiger partial charge in [-0.15, -0.1) is 11.3 Å². The van der Waals surface area contributed by atoms with Crippen LogP contribution in [0, 0.1) is 12.7 Å². The summed E-state index contributed by atoms with van der Waals surface area (Å²) in [5.74, 6) is 0.576. The van der Waals surface area contributed by atoms with Gasteiger partial charge in [-0.1, -0.05) is 0 Å². The molecule has 2 heterocycles. The SMILES string of the molecule is COc1ccc(NS(=O)(=O)c2cc(-c3nc(-c4ccc(F)cc4)cs3)n(C)c2C)c(OC)c1. The largest absolute Gasteiger partial charge is 0.497 e. The lowest BCUT2D eigenvalue weighted by Gasteiger charge is -2.13. The van der Waals surface area contributed by atoms with E-state index in [1.165, 1.54) is 37.7 Å². The van der Waals surface area contributed by atoms with Crippen molar-refractivity contribution in [3.05, 3.63) is 65.4 Å². The van der Waals surface area contributed by atoms with Crippen LogP contribution >= 0.6 is 11.3 Å². The standard InChI is InChI=1S/C23H22FN3O4S2/c1-14-22(33(28,29)26-18-10-9-17(30-3)11-21(18)31-4)12-20(27(14)2)23-25-19(13-32-23)15-5-7-16(24)8-6-15/h5-13,26H,1-4H3. The molecule has 1 N–H and O–H groups in total. The molecule has 0 saturated heterocycles. The number of benzene rings is 2. The van der Waals surface area contributed by atoms with Crippen molar-refractivity contribution in [1.82, 2.24) is 9.55 Å². The topological polar surface area (TPSA) is 82.5 Å². The Hall–Kier alpha value is -3.37. The zero-order valence-electron chi connectivity index (χ0n) is 18.4. The van der Waals surface area contributed by atoms with Gasteiger partial charge >= 0.3 is 0 Å². The minimum atomic E-state index is -3.91. The Balaban J connectivity index is 1.68. The maximum absolute atomic E-state index is 13.2. The maximum Gasteiger partial charge on any atom is 0.263 e. The number of nitrogens with one attached hydrogen (secondary N) is 1. The van der Waals surface area contributed by atoms with Crippen molar-refractivity contribution in [2.75, 3.05) is 18.9 Å². The number of nitrogens with zero attached hydrogens (tertiary/aromatic N) is 2. The van der Waals surface area contributed by atoms with Crippen molar-refractivity contribution in [1.29, 1.82) is 0 Å². The van der Waals surface area contributed by atoms with Crippen LogP contribution < -0.4 is 14.2 Å². The third-order valence-corrected chi connectivity index (χ3v) is 7.64. The van der Waals surface area contributed by atoms with Crippen LogP contribution in [-0.4, -0.2) is 32.2 Å². The Bertz CT molecular complexity index is 1410. The number of thiazole rings is 1. The maximum atomic E-state index is 13.2. The van der Waals surface area contributed by atoms with Crippen LogP contribution in [-0.2, 0) is 17.1 Å². The van der Waals surface area contributed by atoms with E-state index in [9.17, 15) is 12.8 Å². The van der Waals surface area contributed by atoms with Gasteiger partial charge in [0, 0.05) is 29.8 Å². The number of hydrogen-bond acceptors (Lipinski definition) is 6. The average Bonchev–Trinajstić information content (AvgIpc) is 3.40. The molecule has 0 spiro atoms. The predicted molar refractivity (Wildman–Crippen MR) is 127 cm³/mol. The first-order valence-corrected chi connectivity index (χ1v) is 12.2. The van der Waals surface area contributed by atoms with Crippen LogP contribution in [0.1, 0.15) is 5.69 Å². The molecule has 2 aromatic heterocycles. The van der Waals surface area contributed by atoms with Gasteiger partial charge in [0.1, 0.15) is 27.2 Å². The highest BCUT2D eigenvalue weighted by molar-refractivity contribution is 7.92. The third-order valence-electron chi connectivity index (χ3n) is 5.29. The summed E-state index contributed by atoms with van der Waals surface area (Å²) >= 11 is 1.39. The normalized spacial score (nSPS) is 11.4. The van der Waals surface area contributed by atoms with E-state index in [1.807, 2.05) is 5.38 Å². The molecule has 33 heavy (non-hydrogen) atoms. The summed E-state index contributed by atoms with van der Waals surface area (Å²) in [5, 5.41) is 2.52. The smallest absolute Gasteiger partial charge is 0.263 e. The van der Waals surface area contributed by atoms with E-state index in [-0.39, 0.29) is 10.7 Å². The lowest BCUT2D eigenvalue weighted by molar-refractivity contribution is 0.395. The fourth-order valence-electron chi connectivity index (χ4n) is 3.38. The number of ether oxygens (including phenoxy) is 2. The molecule has 4 aromatic rings. The molecule has 0 amide bonds. The zero-order valence-corrected chi connectivity index (χ0v) is 20.1. The molecule has 0 saturated carbocycles. The van der Waals surface area contributed by atoms with E-state index in [2.05, 4.69) is 9.71 Å². The van der Waals surface area contributed by atoms with Crippen LogP contribution in [0.15, 0.2) is 58.8 Å². The van der Waals surface area contributed by atoms with Crippen molar-refractivity contribution in [2.24, 2.45) is 7.05 Å². The summed E-state index contributed by atoms with van der Waals surface area (Å²) in [6.45, 7) is 1.73. The molecule has 0 fully saturated rings. The number of aromatic nitrogens is 2. The third kappa shape index (κ3) is 4.44. The second-order valence-electron chi connectivity index (χ2n) is 7.25. The first-order chi connectivity index (χ1) is 15.7. The van der Waals surface area contributed by atoms with Crippen molar-refractivity contribution < 1.29 is 22.3 Å². The minimum absolute atomic E-state index is 0.136. The van der Waals surface area contributed by atoms with Gasteiger partial charge in [-0.25, -0.2) is 17.8 Å². The first kappa shape index (κ1) is 22.8. The lowest BCUT2D eigenvalue weighted by atomic mass is 10.2. The molecule has 0 aliphatic carbocycles. The van der Waals surface area contributed by atoms with Crippen LogP contribution in [0.4, 0.5) is 10.1 Å². The molecule has 172 valence electrons. The number of methoxy groups -OCH3 is 2. The molecular formula is C23H22FN3O4S2. The van der Waals surface area contributed by atoms with Crippen LogP contribution in [0.25, 0.3) is 22.0 Å². The highest BCUT2D eigenvalue weighted by atomic mass is 32.2. The van der Waals surface area contributed by atoms with Crippen molar-refractivity contribution in [3.8, 4) is 33.5 Å². The predicted octanol–water partition coefficient (Wildman–Crippen LogP) is 5.08. The monoisotopic (exact) mass is 487 g/mol. The lowest BCUT2D eigenvalue weighted by Crippen LogP contribution is -2.14. The van der Waals surface area contributed by atoms with Gasteiger partial charge in [0.25, 0.3) is 10.0 Å². The van der Waals surface area contributed by atoms with Gasteiger partial charge in [0.2, 0.25) is 0 Å². The van der Waals surface area contributed by atoms with Gasteiger partial charge in [0.15, 0.2) is 0 Å². The molecular weight excluding hydrogens is 465 g/mol. The molecule has 0 atom stereocenters. The molecule has 0 unspecified atom stereocenters. The fraction of sp³-hybridized carbons (Fsp3) is 0.174. The Kier molecular flexibility index (Phi) is 6.13. The fourth-order valence-corrected chi connectivity index (χ4v) is 5.62. The number of rotatable bonds is 7. The quantitative estimate of drug-likeness (QED) is 0.393. The van der Waals surface area contributed by atoms with Crippen LogP contribution in [0.5, 0.6) is 11.5 Å². The van der Waals surface area contributed by atoms with Gasteiger partial charge in [-0.05, 0) is 49.4 Å². The zero-order chi connectivity index (χ0) is 23.8. The summed E-state index contributed by atoms with van der Waals surface area (Å²) in [6.07, 6.45) is 0. The highest BCUT2D eigenvalue weighted by Gasteiger charge is 2.25. The van der Waals surface area contributed by atoms with E-state index < -0.39 is 10.0 Å². The summed E-state index contributed by atoms with van der Waals surface area (Å²) in [7, 11) is 0.855.